The fourth-order valence-electron chi connectivity index (χ4n) is 3.09. The van der Waals surface area contributed by atoms with E-state index in [-0.39, 0.29) is 10.8 Å². The maximum absolute atomic E-state index is 13.3. The van der Waals surface area contributed by atoms with Gasteiger partial charge in [-0.05, 0) is 23.8 Å². The molecule has 5 rings (SSSR count). The van der Waals surface area contributed by atoms with Gasteiger partial charge in [0.15, 0.2) is 5.03 Å². The van der Waals surface area contributed by atoms with Gasteiger partial charge in [0.05, 0.1) is 18.6 Å². The number of nitrogens with zero attached hydrogens (tertiary/aromatic N) is 5. The molecule has 0 unspecified atom stereocenters. The molecule has 0 fully saturated rings. The third-order valence-corrected chi connectivity index (χ3v) is 6.02. The van der Waals surface area contributed by atoms with Crippen molar-refractivity contribution >= 4 is 26.7 Å². The van der Waals surface area contributed by atoms with Gasteiger partial charge < -0.3 is 5.11 Å². The van der Waals surface area contributed by atoms with Gasteiger partial charge in [-0.1, -0.05) is 30.3 Å². The smallest absolute Gasteiger partial charge is 0.301 e. The first kappa shape index (κ1) is 16.5. The molecular weight excluding hydrogens is 378 g/mol. The number of aromatic nitrogens is 5. The van der Waals surface area contributed by atoms with Crippen LogP contribution in [0.2, 0.25) is 0 Å². The molecule has 0 spiro atoms. The monoisotopic (exact) mass is 391 g/mol. The highest BCUT2D eigenvalue weighted by Gasteiger charge is 2.25. The Morgan fingerprint density at radius 2 is 1.71 bits per heavy atom. The lowest BCUT2D eigenvalue weighted by Gasteiger charge is -2.07. The third kappa shape index (κ3) is 2.44. The molecule has 0 radical (unpaired) electrons. The number of hydrogen-bond donors (Lipinski definition) is 1. The quantitative estimate of drug-likeness (QED) is 0.507. The lowest BCUT2D eigenvalue weighted by Crippen LogP contribution is -2.16. The SMILES string of the molecule is O=S(=O)(c1cnc2ccc(O)cn12)n1ncc2ncc(-c3ccccc3)cc21. The summed E-state index contributed by atoms with van der Waals surface area (Å²) in [6.45, 7) is 0. The van der Waals surface area contributed by atoms with Crippen molar-refractivity contribution in [3.63, 3.8) is 0 Å². The van der Waals surface area contributed by atoms with Crippen LogP contribution < -0.4 is 0 Å². The molecule has 4 aromatic heterocycles. The number of hydrogen-bond acceptors (Lipinski definition) is 6. The number of aromatic hydroxyl groups is 1. The molecule has 0 aliphatic carbocycles. The van der Waals surface area contributed by atoms with Gasteiger partial charge >= 0.3 is 10.0 Å². The first-order valence-corrected chi connectivity index (χ1v) is 9.79. The highest BCUT2D eigenvalue weighted by molar-refractivity contribution is 7.90. The van der Waals surface area contributed by atoms with Crippen LogP contribution in [0.15, 0.2) is 78.3 Å². The largest absolute Gasteiger partial charge is 0.506 e. The van der Waals surface area contributed by atoms with Gasteiger partial charge in [0.2, 0.25) is 0 Å². The zero-order valence-electron chi connectivity index (χ0n) is 14.3. The van der Waals surface area contributed by atoms with Crippen LogP contribution in [0.25, 0.3) is 27.8 Å². The Morgan fingerprint density at radius 1 is 0.893 bits per heavy atom. The van der Waals surface area contributed by atoms with E-state index in [4.69, 9.17) is 0 Å². The summed E-state index contributed by atoms with van der Waals surface area (Å²) in [5.41, 5.74) is 2.91. The van der Waals surface area contributed by atoms with Crippen molar-refractivity contribution in [3.05, 3.63) is 73.3 Å². The van der Waals surface area contributed by atoms with Gasteiger partial charge in [0, 0.05) is 11.8 Å². The molecule has 138 valence electrons. The molecule has 1 aromatic carbocycles. The van der Waals surface area contributed by atoms with E-state index in [2.05, 4.69) is 15.1 Å². The molecule has 0 aliphatic heterocycles. The lowest BCUT2D eigenvalue weighted by atomic mass is 10.1. The van der Waals surface area contributed by atoms with Crippen LogP contribution in [0.1, 0.15) is 0 Å². The van der Waals surface area contributed by atoms with Crippen LogP contribution in [-0.4, -0.2) is 37.1 Å². The molecule has 0 saturated heterocycles. The second kappa shape index (κ2) is 5.89. The predicted molar refractivity (Wildman–Crippen MR) is 102 cm³/mol. The van der Waals surface area contributed by atoms with Crippen molar-refractivity contribution in [3.8, 4) is 16.9 Å². The molecule has 0 atom stereocenters. The van der Waals surface area contributed by atoms with Crippen molar-refractivity contribution in [2.45, 2.75) is 5.03 Å². The summed E-state index contributed by atoms with van der Waals surface area (Å²) >= 11 is 0. The molecule has 1 N–H and O–H groups in total. The highest BCUT2D eigenvalue weighted by Crippen LogP contribution is 2.25. The summed E-state index contributed by atoms with van der Waals surface area (Å²) in [5.74, 6) is -0.0692. The molecule has 0 saturated carbocycles. The van der Waals surface area contributed by atoms with Gasteiger partial charge in [0.25, 0.3) is 0 Å². The second-order valence-corrected chi connectivity index (χ2v) is 7.91. The Balaban J connectivity index is 1.72. The topological polar surface area (TPSA) is 102 Å². The third-order valence-electron chi connectivity index (χ3n) is 4.44. The molecule has 4 heterocycles. The summed E-state index contributed by atoms with van der Waals surface area (Å²) < 4.78 is 28.8. The molecule has 28 heavy (non-hydrogen) atoms. The van der Waals surface area contributed by atoms with E-state index >= 15 is 0 Å². The molecule has 8 nitrogen and oxygen atoms in total. The zero-order chi connectivity index (χ0) is 19.3. The van der Waals surface area contributed by atoms with E-state index in [9.17, 15) is 13.5 Å². The zero-order valence-corrected chi connectivity index (χ0v) is 15.2. The Bertz CT molecular complexity index is 1440. The summed E-state index contributed by atoms with van der Waals surface area (Å²) in [6, 6.07) is 14.3. The molecular formula is C19H13N5O3S. The second-order valence-electron chi connectivity index (χ2n) is 6.20. The predicted octanol–water partition coefficient (Wildman–Crippen LogP) is 2.69. The van der Waals surface area contributed by atoms with Gasteiger partial charge in [-0.25, -0.2) is 4.98 Å². The highest BCUT2D eigenvalue weighted by atomic mass is 32.2. The van der Waals surface area contributed by atoms with Crippen LogP contribution in [0.4, 0.5) is 0 Å². The Kier molecular flexibility index (Phi) is 3.46. The first-order chi connectivity index (χ1) is 13.5. The Labute approximate surface area is 159 Å². The van der Waals surface area contributed by atoms with E-state index in [1.807, 2.05) is 30.3 Å². The van der Waals surface area contributed by atoms with Crippen LogP contribution in [0, 0.1) is 0 Å². The lowest BCUT2D eigenvalue weighted by molar-refractivity contribution is 0.471. The summed E-state index contributed by atoms with van der Waals surface area (Å²) in [7, 11) is -4.07. The van der Waals surface area contributed by atoms with E-state index in [0.717, 1.165) is 15.2 Å². The average Bonchev–Trinajstić information content (AvgIpc) is 3.32. The minimum absolute atomic E-state index is 0.0692. The number of pyridine rings is 2. The van der Waals surface area contributed by atoms with E-state index in [1.165, 1.54) is 35.1 Å². The van der Waals surface area contributed by atoms with E-state index in [1.54, 1.807) is 12.3 Å². The van der Waals surface area contributed by atoms with Gasteiger partial charge in [-0.3, -0.25) is 9.38 Å². The first-order valence-electron chi connectivity index (χ1n) is 8.35. The molecule has 0 amide bonds. The van der Waals surface area contributed by atoms with E-state index in [0.29, 0.717) is 16.7 Å². The summed E-state index contributed by atoms with van der Waals surface area (Å²) in [4.78, 5) is 8.44. The fraction of sp³-hybridized carbons (Fsp3) is 0. The maximum Gasteiger partial charge on any atom is 0.301 e. The summed E-state index contributed by atoms with van der Waals surface area (Å²) in [5, 5.41) is 13.7. The normalized spacial score (nSPS) is 12.0. The van der Waals surface area contributed by atoms with Crippen LogP contribution in [-0.2, 0) is 10.0 Å². The Hall–Kier alpha value is -3.72. The molecule has 0 aliphatic rings. The van der Waals surface area contributed by atoms with Gasteiger partial charge in [-0.15, -0.1) is 0 Å². The molecule has 5 aromatic rings. The van der Waals surface area contributed by atoms with Crippen molar-refractivity contribution in [2.24, 2.45) is 0 Å². The Morgan fingerprint density at radius 3 is 2.54 bits per heavy atom. The molecule has 9 heteroatoms. The fourth-order valence-corrected chi connectivity index (χ4v) is 4.43. The average molecular weight is 391 g/mol. The van der Waals surface area contributed by atoms with Crippen molar-refractivity contribution < 1.29 is 13.5 Å². The number of fused-ring (bicyclic) bond motifs is 2. The number of benzene rings is 1. The minimum atomic E-state index is -4.07. The van der Waals surface area contributed by atoms with Crippen LogP contribution in [0.5, 0.6) is 5.75 Å². The number of rotatable bonds is 3. The maximum atomic E-state index is 13.3. The van der Waals surface area contributed by atoms with Gasteiger partial charge in [-0.2, -0.15) is 17.6 Å². The standard InChI is InChI=1S/C19H13N5O3S/c25-15-6-7-18-21-11-19(23(18)12-15)28(26,27)24-17-8-14(9-20-16(17)10-22-24)13-4-2-1-3-5-13/h1-12,25H. The number of imidazole rings is 1. The van der Waals surface area contributed by atoms with E-state index < -0.39 is 10.0 Å². The van der Waals surface area contributed by atoms with Crippen LogP contribution in [0.3, 0.4) is 0 Å². The van der Waals surface area contributed by atoms with Crippen molar-refractivity contribution in [1.29, 1.82) is 0 Å². The minimum Gasteiger partial charge on any atom is -0.506 e. The van der Waals surface area contributed by atoms with Crippen molar-refractivity contribution in [1.82, 2.24) is 23.6 Å². The van der Waals surface area contributed by atoms with Crippen molar-refractivity contribution in [2.75, 3.05) is 0 Å². The summed E-state index contributed by atoms with van der Waals surface area (Å²) in [6.07, 6.45) is 5.63. The van der Waals surface area contributed by atoms with Crippen LogP contribution >= 0.6 is 0 Å². The van der Waals surface area contributed by atoms with Gasteiger partial charge in [0.1, 0.15) is 22.4 Å². The molecule has 0 bridgehead atoms.